The highest BCUT2D eigenvalue weighted by atomic mass is 16.4. The first-order valence-electron chi connectivity index (χ1n) is 5.51. The van der Waals surface area contributed by atoms with E-state index in [1.807, 2.05) is 32.9 Å². The number of rotatable bonds is 2. The molecule has 0 aromatic rings. The van der Waals surface area contributed by atoms with Crippen molar-refractivity contribution in [3.63, 3.8) is 0 Å². The van der Waals surface area contributed by atoms with Gasteiger partial charge in [0.25, 0.3) is 0 Å². The smallest absolute Gasteiger partial charge is 0.307 e. The summed E-state index contributed by atoms with van der Waals surface area (Å²) in [6, 6.07) is 0. The SMILES string of the molecule is CC(C)(C)NC(=O)[C@@H]1CC=CC[C@@H]1C(=O)O. The molecule has 0 aromatic heterocycles. The molecule has 2 atom stereocenters. The molecule has 0 radical (unpaired) electrons. The molecular formula is C12H19NO3. The molecule has 1 rings (SSSR count). The third-order valence-corrected chi connectivity index (χ3v) is 2.58. The Balaban J connectivity index is 2.73. The van der Waals surface area contributed by atoms with E-state index in [0.29, 0.717) is 12.8 Å². The molecule has 16 heavy (non-hydrogen) atoms. The number of hydrogen-bond acceptors (Lipinski definition) is 2. The van der Waals surface area contributed by atoms with Gasteiger partial charge in [0.05, 0.1) is 11.8 Å². The molecule has 0 unspecified atom stereocenters. The summed E-state index contributed by atoms with van der Waals surface area (Å²) in [6.45, 7) is 5.66. The van der Waals surface area contributed by atoms with Crippen LogP contribution in [0.15, 0.2) is 12.2 Å². The lowest BCUT2D eigenvalue weighted by Crippen LogP contribution is -2.47. The molecule has 4 heteroatoms. The van der Waals surface area contributed by atoms with Crippen LogP contribution in [0.3, 0.4) is 0 Å². The lowest BCUT2D eigenvalue weighted by atomic mass is 9.82. The fraction of sp³-hybridized carbons (Fsp3) is 0.667. The predicted octanol–water partition coefficient (Wildman–Crippen LogP) is 1.57. The number of carbonyl (C=O) groups excluding carboxylic acids is 1. The van der Waals surface area contributed by atoms with Crippen molar-refractivity contribution in [3.05, 3.63) is 12.2 Å². The molecule has 0 fully saturated rings. The Bertz CT molecular complexity index is 315. The summed E-state index contributed by atoms with van der Waals surface area (Å²) in [7, 11) is 0. The number of nitrogens with one attached hydrogen (secondary N) is 1. The topological polar surface area (TPSA) is 66.4 Å². The van der Waals surface area contributed by atoms with Crippen molar-refractivity contribution in [1.29, 1.82) is 0 Å². The van der Waals surface area contributed by atoms with Crippen molar-refractivity contribution in [2.45, 2.75) is 39.2 Å². The quantitative estimate of drug-likeness (QED) is 0.701. The zero-order valence-electron chi connectivity index (χ0n) is 9.99. The molecule has 2 N–H and O–H groups in total. The number of carboxylic acids is 1. The van der Waals surface area contributed by atoms with Crippen molar-refractivity contribution in [2.75, 3.05) is 0 Å². The van der Waals surface area contributed by atoms with E-state index >= 15 is 0 Å². The fourth-order valence-corrected chi connectivity index (χ4v) is 1.84. The molecule has 0 saturated carbocycles. The third-order valence-electron chi connectivity index (χ3n) is 2.58. The number of allylic oxidation sites excluding steroid dienone is 2. The highest BCUT2D eigenvalue weighted by Gasteiger charge is 2.35. The summed E-state index contributed by atoms with van der Waals surface area (Å²) in [6.07, 6.45) is 4.67. The first-order chi connectivity index (χ1) is 7.31. The Morgan fingerprint density at radius 1 is 1.19 bits per heavy atom. The molecule has 0 saturated heterocycles. The summed E-state index contributed by atoms with van der Waals surface area (Å²) in [5.41, 5.74) is -0.318. The monoisotopic (exact) mass is 225 g/mol. The standard InChI is InChI=1S/C12H19NO3/c1-12(2,3)13-10(14)8-6-4-5-7-9(8)11(15)16/h4-5,8-9H,6-7H2,1-3H3,(H,13,14)(H,15,16)/t8-,9+/m1/s1. The van der Waals surface area contributed by atoms with Gasteiger partial charge in [-0.3, -0.25) is 9.59 Å². The lowest BCUT2D eigenvalue weighted by Gasteiger charge is -2.28. The Labute approximate surface area is 95.7 Å². The first kappa shape index (κ1) is 12.7. The molecule has 1 aliphatic carbocycles. The second kappa shape index (κ2) is 4.68. The maximum absolute atomic E-state index is 11.9. The number of hydrogen-bond donors (Lipinski definition) is 2. The van der Waals surface area contributed by atoms with Crippen molar-refractivity contribution < 1.29 is 14.7 Å². The van der Waals surface area contributed by atoms with Crippen molar-refractivity contribution in [2.24, 2.45) is 11.8 Å². The van der Waals surface area contributed by atoms with Crippen LogP contribution in [-0.4, -0.2) is 22.5 Å². The van der Waals surface area contributed by atoms with Gasteiger partial charge in [-0.05, 0) is 33.6 Å². The zero-order chi connectivity index (χ0) is 12.3. The molecule has 0 bridgehead atoms. The highest BCUT2D eigenvalue weighted by molar-refractivity contribution is 5.85. The number of carbonyl (C=O) groups is 2. The van der Waals surface area contributed by atoms with Crippen molar-refractivity contribution >= 4 is 11.9 Å². The molecule has 0 aliphatic heterocycles. The van der Waals surface area contributed by atoms with Crippen LogP contribution >= 0.6 is 0 Å². The van der Waals surface area contributed by atoms with Crippen LogP contribution in [0.4, 0.5) is 0 Å². The zero-order valence-corrected chi connectivity index (χ0v) is 9.99. The van der Waals surface area contributed by atoms with Crippen LogP contribution in [0.2, 0.25) is 0 Å². The van der Waals surface area contributed by atoms with Gasteiger partial charge in [-0.15, -0.1) is 0 Å². The minimum Gasteiger partial charge on any atom is -0.481 e. The largest absolute Gasteiger partial charge is 0.481 e. The van der Waals surface area contributed by atoms with E-state index in [9.17, 15) is 9.59 Å². The molecule has 1 amide bonds. The minimum atomic E-state index is -0.890. The average Bonchev–Trinajstić information content (AvgIpc) is 2.15. The third kappa shape index (κ3) is 3.36. The maximum Gasteiger partial charge on any atom is 0.307 e. The summed E-state index contributed by atoms with van der Waals surface area (Å²) in [5.74, 6) is -2.09. The van der Waals surface area contributed by atoms with E-state index in [1.54, 1.807) is 0 Å². The first-order valence-corrected chi connectivity index (χ1v) is 5.51. The maximum atomic E-state index is 11.9. The minimum absolute atomic E-state index is 0.163. The van der Waals surface area contributed by atoms with E-state index in [4.69, 9.17) is 5.11 Å². The van der Waals surface area contributed by atoms with E-state index in [1.165, 1.54) is 0 Å². The Kier molecular flexibility index (Phi) is 3.73. The summed E-state index contributed by atoms with van der Waals surface area (Å²) in [4.78, 5) is 22.9. The van der Waals surface area contributed by atoms with Crippen LogP contribution in [0.1, 0.15) is 33.6 Å². The van der Waals surface area contributed by atoms with E-state index in [2.05, 4.69) is 5.32 Å². The van der Waals surface area contributed by atoms with Crippen LogP contribution in [-0.2, 0) is 9.59 Å². The van der Waals surface area contributed by atoms with Gasteiger partial charge in [-0.25, -0.2) is 0 Å². The highest BCUT2D eigenvalue weighted by Crippen LogP contribution is 2.26. The van der Waals surface area contributed by atoms with Gasteiger partial charge >= 0.3 is 5.97 Å². The van der Waals surface area contributed by atoms with Crippen LogP contribution in [0.25, 0.3) is 0 Å². The van der Waals surface area contributed by atoms with Gasteiger partial charge in [0, 0.05) is 5.54 Å². The van der Waals surface area contributed by atoms with Gasteiger partial charge in [0.15, 0.2) is 0 Å². The van der Waals surface area contributed by atoms with Crippen LogP contribution in [0, 0.1) is 11.8 Å². The van der Waals surface area contributed by atoms with E-state index < -0.39 is 17.8 Å². The predicted molar refractivity (Wildman–Crippen MR) is 60.9 cm³/mol. The second-order valence-electron chi connectivity index (χ2n) is 5.23. The van der Waals surface area contributed by atoms with Gasteiger partial charge in [0.1, 0.15) is 0 Å². The average molecular weight is 225 g/mol. The number of aliphatic carboxylic acids is 1. The van der Waals surface area contributed by atoms with Crippen molar-refractivity contribution in [3.8, 4) is 0 Å². The summed E-state index contributed by atoms with van der Waals surface area (Å²) in [5, 5.41) is 11.9. The van der Waals surface area contributed by atoms with Gasteiger partial charge in [-0.2, -0.15) is 0 Å². The molecule has 0 heterocycles. The van der Waals surface area contributed by atoms with E-state index in [-0.39, 0.29) is 11.4 Å². The fourth-order valence-electron chi connectivity index (χ4n) is 1.84. The Morgan fingerprint density at radius 2 is 1.69 bits per heavy atom. The molecule has 0 spiro atoms. The van der Waals surface area contributed by atoms with E-state index in [0.717, 1.165) is 0 Å². The van der Waals surface area contributed by atoms with Gasteiger partial charge < -0.3 is 10.4 Å². The molecule has 4 nitrogen and oxygen atoms in total. The molecule has 1 aliphatic rings. The Hall–Kier alpha value is -1.32. The summed E-state index contributed by atoms with van der Waals surface area (Å²) >= 11 is 0. The van der Waals surface area contributed by atoms with Crippen LogP contribution < -0.4 is 5.32 Å². The lowest BCUT2D eigenvalue weighted by molar-refractivity contribution is -0.147. The molecule has 0 aromatic carbocycles. The Morgan fingerprint density at radius 3 is 2.12 bits per heavy atom. The molecular weight excluding hydrogens is 206 g/mol. The van der Waals surface area contributed by atoms with Crippen LogP contribution in [0.5, 0.6) is 0 Å². The number of amides is 1. The molecule has 90 valence electrons. The summed E-state index contributed by atoms with van der Waals surface area (Å²) < 4.78 is 0. The second-order valence-corrected chi connectivity index (χ2v) is 5.23. The van der Waals surface area contributed by atoms with Gasteiger partial charge in [0.2, 0.25) is 5.91 Å². The van der Waals surface area contributed by atoms with Crippen molar-refractivity contribution in [1.82, 2.24) is 5.32 Å². The van der Waals surface area contributed by atoms with Gasteiger partial charge in [-0.1, -0.05) is 12.2 Å². The number of carboxylic acid groups (broad SMARTS) is 1. The normalized spacial score (nSPS) is 25.2.